The smallest absolute Gasteiger partial charge is 0.260 e. The van der Waals surface area contributed by atoms with E-state index >= 15 is 0 Å². The van der Waals surface area contributed by atoms with E-state index in [2.05, 4.69) is 31.3 Å². The zero-order valence-corrected chi connectivity index (χ0v) is 30.5. The van der Waals surface area contributed by atoms with Crippen molar-refractivity contribution in [1.82, 2.24) is 20.3 Å². The molecule has 9 nitrogen and oxygen atoms in total. The van der Waals surface area contributed by atoms with E-state index in [1.807, 2.05) is 72.7 Å². The van der Waals surface area contributed by atoms with Crippen molar-refractivity contribution in [2.24, 2.45) is 11.3 Å². The van der Waals surface area contributed by atoms with Crippen molar-refractivity contribution >= 4 is 43.7 Å². The lowest BCUT2D eigenvalue weighted by atomic mass is 9.76. The van der Waals surface area contributed by atoms with Crippen LogP contribution < -0.4 is 15.4 Å². The first-order valence-corrected chi connectivity index (χ1v) is 17.4. The number of nitrogens with one attached hydrogen (secondary N) is 3. The molecule has 0 saturated heterocycles. The van der Waals surface area contributed by atoms with E-state index in [0.717, 1.165) is 10.0 Å². The fourth-order valence-corrected chi connectivity index (χ4v) is 6.78. The van der Waals surface area contributed by atoms with Gasteiger partial charge in [-0.1, -0.05) is 113 Å². The number of carbonyl (C=O) groups is 3. The van der Waals surface area contributed by atoms with Crippen LogP contribution in [0.4, 0.5) is 0 Å². The van der Waals surface area contributed by atoms with Gasteiger partial charge in [-0.3, -0.25) is 14.4 Å². The van der Waals surface area contributed by atoms with Crippen molar-refractivity contribution in [3.8, 4) is 0 Å². The highest BCUT2D eigenvalue weighted by atomic mass is 79.9. The number of hydrogen-bond donors (Lipinski definition) is 3. The molecule has 45 heavy (non-hydrogen) atoms. The number of nitrogens with zero attached hydrogens (tertiary/aromatic N) is 1. The third-order valence-corrected chi connectivity index (χ3v) is 9.65. The van der Waals surface area contributed by atoms with Crippen molar-refractivity contribution < 1.29 is 22.8 Å². The Kier molecular flexibility index (Phi) is 13.2. The Morgan fingerprint density at radius 1 is 0.956 bits per heavy atom. The van der Waals surface area contributed by atoms with E-state index in [1.165, 1.54) is 11.8 Å². The number of benzene rings is 2. The van der Waals surface area contributed by atoms with E-state index in [1.54, 1.807) is 50.5 Å². The van der Waals surface area contributed by atoms with Crippen molar-refractivity contribution in [3.05, 3.63) is 81.8 Å². The van der Waals surface area contributed by atoms with Crippen molar-refractivity contribution in [2.45, 2.75) is 84.7 Å². The normalized spacial score (nSPS) is 14.8. The SMILES string of the molecule is CN[C@H](C(=O)N[C@H](C(=O)N(C)[C@H](/C=C(\C)C(=O)NS(=O)(=O)Cc1ccccc1)C(C)C)C(C)(C)C)C(C)(C)c1cccc(Br)c1. The van der Waals surface area contributed by atoms with Crippen LogP contribution in [0.15, 0.2) is 70.7 Å². The molecule has 248 valence electrons. The van der Waals surface area contributed by atoms with E-state index in [-0.39, 0.29) is 29.1 Å². The second kappa shape index (κ2) is 15.5. The van der Waals surface area contributed by atoms with Gasteiger partial charge in [-0.15, -0.1) is 0 Å². The number of hydrogen-bond acceptors (Lipinski definition) is 6. The Bertz CT molecular complexity index is 1480. The molecule has 0 fully saturated rings. The summed E-state index contributed by atoms with van der Waals surface area (Å²) in [5.74, 6) is -1.87. The molecule has 3 amide bonds. The molecule has 2 aromatic carbocycles. The van der Waals surface area contributed by atoms with E-state index < -0.39 is 44.9 Å². The van der Waals surface area contributed by atoms with Crippen LogP contribution in [-0.2, 0) is 35.6 Å². The monoisotopic (exact) mass is 704 g/mol. The maximum Gasteiger partial charge on any atom is 0.260 e. The Labute approximate surface area is 277 Å². The van der Waals surface area contributed by atoms with Crippen LogP contribution >= 0.6 is 15.9 Å². The third kappa shape index (κ3) is 10.5. The molecule has 2 aromatic rings. The summed E-state index contributed by atoms with van der Waals surface area (Å²) in [5.41, 5.74) is 0.399. The van der Waals surface area contributed by atoms with Gasteiger partial charge in [0.25, 0.3) is 5.91 Å². The summed E-state index contributed by atoms with van der Waals surface area (Å²) in [4.78, 5) is 42.4. The topological polar surface area (TPSA) is 125 Å². The first-order valence-electron chi connectivity index (χ1n) is 15.0. The van der Waals surface area contributed by atoms with Crippen LogP contribution in [0.1, 0.15) is 66.5 Å². The minimum atomic E-state index is -3.94. The molecule has 0 radical (unpaired) electrons. The number of likely N-dealkylation sites (N-methyl/N-ethyl adjacent to an activating group) is 2. The summed E-state index contributed by atoms with van der Waals surface area (Å²) < 4.78 is 28.4. The molecule has 0 aliphatic rings. The summed E-state index contributed by atoms with van der Waals surface area (Å²) in [6.07, 6.45) is 1.60. The number of carbonyl (C=O) groups excluding carboxylic acids is 3. The lowest BCUT2D eigenvalue weighted by molar-refractivity contribution is -0.140. The maximum absolute atomic E-state index is 14.1. The maximum atomic E-state index is 14.1. The van der Waals surface area contributed by atoms with Gasteiger partial charge in [0.05, 0.1) is 17.8 Å². The molecule has 0 bridgehead atoms. The number of halogens is 1. The lowest BCUT2D eigenvalue weighted by Gasteiger charge is -2.40. The molecule has 0 aliphatic carbocycles. The zero-order valence-electron chi connectivity index (χ0n) is 28.1. The van der Waals surface area contributed by atoms with E-state index in [4.69, 9.17) is 0 Å². The summed E-state index contributed by atoms with van der Waals surface area (Å²) in [5, 5.41) is 6.16. The van der Waals surface area contributed by atoms with Gasteiger partial charge in [-0.05, 0) is 48.6 Å². The Balaban J connectivity index is 2.30. The fraction of sp³-hybridized carbons (Fsp3) is 0.500. The summed E-state index contributed by atoms with van der Waals surface area (Å²) in [6.45, 7) is 14.9. The molecule has 0 aliphatic heterocycles. The first kappa shape index (κ1) is 38.2. The molecule has 0 spiro atoms. The van der Waals surface area contributed by atoms with Crippen LogP contribution in [0.25, 0.3) is 0 Å². The minimum Gasteiger partial charge on any atom is -0.342 e. The largest absolute Gasteiger partial charge is 0.342 e. The van der Waals surface area contributed by atoms with Crippen molar-refractivity contribution in [3.63, 3.8) is 0 Å². The number of amides is 3. The molecule has 3 atom stereocenters. The van der Waals surface area contributed by atoms with Gasteiger partial charge < -0.3 is 15.5 Å². The predicted octanol–water partition coefficient (Wildman–Crippen LogP) is 4.92. The summed E-state index contributed by atoms with van der Waals surface area (Å²) >= 11 is 3.51. The lowest BCUT2D eigenvalue weighted by Crippen LogP contribution is -2.61. The minimum absolute atomic E-state index is 0.125. The molecular weight excluding hydrogens is 656 g/mol. The van der Waals surface area contributed by atoms with E-state index in [9.17, 15) is 22.8 Å². The molecular formula is C34H49BrN4O5S. The summed E-state index contributed by atoms with van der Waals surface area (Å²) in [6, 6.07) is 14.3. The van der Waals surface area contributed by atoms with Gasteiger partial charge in [0, 0.05) is 22.5 Å². The van der Waals surface area contributed by atoms with Gasteiger partial charge in [-0.25, -0.2) is 13.1 Å². The second-order valence-electron chi connectivity index (χ2n) is 13.5. The quantitative estimate of drug-likeness (QED) is 0.254. The predicted molar refractivity (Wildman–Crippen MR) is 184 cm³/mol. The molecule has 0 aromatic heterocycles. The van der Waals surface area contributed by atoms with Gasteiger partial charge >= 0.3 is 0 Å². The van der Waals surface area contributed by atoms with Gasteiger partial charge in [0.15, 0.2) is 0 Å². The zero-order chi connectivity index (χ0) is 34.3. The van der Waals surface area contributed by atoms with Crippen LogP contribution in [0.2, 0.25) is 0 Å². The Hall–Kier alpha value is -3.02. The first-order chi connectivity index (χ1) is 20.7. The third-order valence-electron chi connectivity index (χ3n) is 7.95. The molecule has 0 unspecified atom stereocenters. The van der Waals surface area contributed by atoms with Crippen LogP contribution in [0, 0.1) is 11.3 Å². The number of sulfonamides is 1. The molecule has 11 heteroatoms. The summed E-state index contributed by atoms with van der Waals surface area (Å²) in [7, 11) is -0.589. The fourth-order valence-electron chi connectivity index (χ4n) is 5.24. The van der Waals surface area contributed by atoms with Crippen LogP contribution in [0.5, 0.6) is 0 Å². The van der Waals surface area contributed by atoms with Crippen molar-refractivity contribution in [2.75, 3.05) is 14.1 Å². The van der Waals surface area contributed by atoms with E-state index in [0.29, 0.717) is 5.56 Å². The highest BCUT2D eigenvalue weighted by molar-refractivity contribution is 9.10. The van der Waals surface area contributed by atoms with Crippen LogP contribution in [0.3, 0.4) is 0 Å². The Morgan fingerprint density at radius 2 is 1.56 bits per heavy atom. The molecule has 0 heterocycles. The number of rotatable bonds is 13. The van der Waals surface area contributed by atoms with Gasteiger partial charge in [0.1, 0.15) is 6.04 Å². The average Bonchev–Trinajstić information content (AvgIpc) is 2.93. The van der Waals surface area contributed by atoms with Gasteiger partial charge in [-0.2, -0.15) is 0 Å². The van der Waals surface area contributed by atoms with Crippen molar-refractivity contribution in [1.29, 1.82) is 0 Å². The highest BCUT2D eigenvalue weighted by Crippen LogP contribution is 2.30. The molecule has 3 N–H and O–H groups in total. The molecule has 0 saturated carbocycles. The Morgan fingerprint density at radius 3 is 2.07 bits per heavy atom. The molecule has 2 rings (SSSR count). The second-order valence-corrected chi connectivity index (χ2v) is 16.1. The standard InChI is InChI=1S/C34H49BrN4O5S/c1-22(2)27(19-23(3)30(40)38-45(43,44)21-24-15-12-11-13-16-24)39(10)32(42)29(33(4,5)6)37-31(41)28(36-9)34(7,8)25-17-14-18-26(35)20-25/h11-20,22,27-29,36H,21H2,1-10H3,(H,37,41)(H,38,40)/b23-19+/t27-,28-,29-/m1/s1. The van der Waals surface area contributed by atoms with Gasteiger partial charge in [0.2, 0.25) is 21.8 Å². The average molecular weight is 706 g/mol. The van der Waals surface area contributed by atoms with Crippen LogP contribution in [-0.4, -0.2) is 63.3 Å². The highest BCUT2D eigenvalue weighted by Gasteiger charge is 2.41.